The summed E-state index contributed by atoms with van der Waals surface area (Å²) < 4.78 is 65.3. The van der Waals surface area contributed by atoms with Crippen molar-refractivity contribution in [3.05, 3.63) is 77.8 Å². The third kappa shape index (κ3) is 4.40. The summed E-state index contributed by atoms with van der Waals surface area (Å²) >= 11 is 0. The number of aromatic nitrogens is 2. The van der Waals surface area contributed by atoms with Gasteiger partial charge in [0.15, 0.2) is 0 Å². The number of hydrogen-bond donors (Lipinski definition) is 2. The van der Waals surface area contributed by atoms with Crippen molar-refractivity contribution >= 4 is 23.1 Å². The molecule has 0 unspecified atom stereocenters. The summed E-state index contributed by atoms with van der Waals surface area (Å²) in [5.74, 6) is -2.73. The number of nitrogens with zero attached hydrogens (tertiary/aromatic N) is 2. The van der Waals surface area contributed by atoms with Crippen molar-refractivity contribution in [1.82, 2.24) is 9.97 Å². The molecule has 0 aliphatic rings. The van der Waals surface area contributed by atoms with E-state index in [1.807, 2.05) is 0 Å². The molecule has 0 fully saturated rings. The minimum Gasteiger partial charge on any atom is -0.339 e. The molecule has 0 saturated heterocycles. The van der Waals surface area contributed by atoms with Gasteiger partial charge in [-0.15, -0.1) is 0 Å². The van der Waals surface area contributed by atoms with Gasteiger partial charge < -0.3 is 10.6 Å². The van der Waals surface area contributed by atoms with Crippen LogP contribution in [-0.2, 0) is 6.18 Å². The summed E-state index contributed by atoms with van der Waals surface area (Å²) in [4.78, 5) is 19.7. The quantitative estimate of drug-likeness (QED) is 0.626. The second-order valence-corrected chi connectivity index (χ2v) is 5.54. The van der Waals surface area contributed by atoms with Gasteiger partial charge in [-0.2, -0.15) is 13.2 Å². The van der Waals surface area contributed by atoms with E-state index in [2.05, 4.69) is 20.6 Å². The Morgan fingerprint density at radius 3 is 2.21 bits per heavy atom. The summed E-state index contributed by atoms with van der Waals surface area (Å²) in [5, 5.41) is 4.68. The van der Waals surface area contributed by atoms with Gasteiger partial charge in [0.05, 0.1) is 18.0 Å². The number of alkyl halides is 3. The van der Waals surface area contributed by atoms with Crippen LogP contribution in [0.2, 0.25) is 0 Å². The highest BCUT2D eigenvalue weighted by atomic mass is 19.4. The van der Waals surface area contributed by atoms with E-state index in [1.54, 1.807) is 0 Å². The normalized spacial score (nSPS) is 11.2. The van der Waals surface area contributed by atoms with E-state index in [0.29, 0.717) is 0 Å². The number of carbonyl (C=O) groups excluding carboxylic acids is 1. The van der Waals surface area contributed by atoms with E-state index >= 15 is 0 Å². The number of benzene rings is 2. The molecule has 2 N–H and O–H groups in total. The number of anilines is 3. The second-order valence-electron chi connectivity index (χ2n) is 5.54. The Hall–Kier alpha value is -3.56. The topological polar surface area (TPSA) is 66.9 Å². The Kier molecular flexibility index (Phi) is 5.21. The molecule has 1 heterocycles. The van der Waals surface area contributed by atoms with Gasteiger partial charge in [-0.1, -0.05) is 12.1 Å². The van der Waals surface area contributed by atoms with Gasteiger partial charge in [0, 0.05) is 5.69 Å². The number of hydrogen-bond acceptors (Lipinski definition) is 4. The van der Waals surface area contributed by atoms with E-state index in [9.17, 15) is 26.7 Å². The molecule has 3 rings (SSSR count). The Bertz CT molecular complexity index is 985. The van der Waals surface area contributed by atoms with Gasteiger partial charge in [-0.25, -0.2) is 18.7 Å². The largest absolute Gasteiger partial charge is 0.416 e. The van der Waals surface area contributed by atoms with Crippen LogP contribution in [0.25, 0.3) is 0 Å². The standard InChI is InChI=1S/C18H11F5N4O/c19-12-5-2-6-13(20)16(12)27-17(28)14-8-25-15(9-24-14)26-11-4-1-3-10(7-11)18(21,22)23/h1-9H,(H,25,26)(H,27,28). The smallest absolute Gasteiger partial charge is 0.339 e. The first kappa shape index (κ1) is 19.2. The molecule has 0 bridgehead atoms. The van der Waals surface area contributed by atoms with Gasteiger partial charge in [0.2, 0.25) is 0 Å². The van der Waals surface area contributed by atoms with Crippen LogP contribution >= 0.6 is 0 Å². The summed E-state index contributed by atoms with van der Waals surface area (Å²) in [6.45, 7) is 0. The minimum absolute atomic E-state index is 0.0768. The lowest BCUT2D eigenvalue weighted by atomic mass is 10.2. The average molecular weight is 394 g/mol. The SMILES string of the molecule is O=C(Nc1c(F)cccc1F)c1cnc(Nc2cccc(C(F)(F)F)c2)cn1. The average Bonchev–Trinajstić information content (AvgIpc) is 2.65. The lowest BCUT2D eigenvalue weighted by Gasteiger charge is -2.10. The van der Waals surface area contributed by atoms with Crippen molar-refractivity contribution in [3.8, 4) is 0 Å². The summed E-state index contributed by atoms with van der Waals surface area (Å²) in [7, 11) is 0. The van der Waals surface area contributed by atoms with Crippen LogP contribution in [0.15, 0.2) is 54.9 Å². The third-order valence-electron chi connectivity index (χ3n) is 3.55. The molecule has 1 amide bonds. The molecule has 0 atom stereocenters. The summed E-state index contributed by atoms with van der Waals surface area (Å²) in [6, 6.07) is 7.55. The number of carbonyl (C=O) groups is 1. The van der Waals surface area contributed by atoms with E-state index in [1.165, 1.54) is 12.1 Å². The van der Waals surface area contributed by atoms with E-state index < -0.39 is 35.0 Å². The Balaban J connectivity index is 1.72. The van der Waals surface area contributed by atoms with E-state index in [-0.39, 0.29) is 17.2 Å². The molecule has 5 nitrogen and oxygen atoms in total. The number of nitrogens with one attached hydrogen (secondary N) is 2. The molecule has 3 aromatic rings. The van der Waals surface area contributed by atoms with Crippen LogP contribution in [0.4, 0.5) is 39.1 Å². The van der Waals surface area contributed by atoms with Crippen molar-refractivity contribution in [2.24, 2.45) is 0 Å². The fraction of sp³-hybridized carbons (Fsp3) is 0.0556. The van der Waals surface area contributed by atoms with Gasteiger partial charge >= 0.3 is 6.18 Å². The fourth-order valence-electron chi connectivity index (χ4n) is 2.23. The summed E-state index contributed by atoms with van der Waals surface area (Å²) in [6.07, 6.45) is -2.37. The van der Waals surface area contributed by atoms with Crippen molar-refractivity contribution in [3.63, 3.8) is 0 Å². The number of amides is 1. The molecule has 0 aliphatic heterocycles. The molecular weight excluding hydrogens is 383 g/mol. The molecule has 28 heavy (non-hydrogen) atoms. The van der Waals surface area contributed by atoms with Crippen LogP contribution in [0, 0.1) is 11.6 Å². The van der Waals surface area contributed by atoms with Crippen molar-refractivity contribution in [2.45, 2.75) is 6.18 Å². The lowest BCUT2D eigenvalue weighted by molar-refractivity contribution is -0.137. The Morgan fingerprint density at radius 2 is 1.61 bits per heavy atom. The van der Waals surface area contributed by atoms with Crippen molar-refractivity contribution < 1.29 is 26.7 Å². The monoisotopic (exact) mass is 394 g/mol. The zero-order valence-electron chi connectivity index (χ0n) is 13.9. The maximum Gasteiger partial charge on any atom is 0.416 e. The predicted molar refractivity (Wildman–Crippen MR) is 91.1 cm³/mol. The first-order valence-electron chi connectivity index (χ1n) is 7.76. The highest BCUT2D eigenvalue weighted by Gasteiger charge is 2.30. The molecule has 0 spiro atoms. The number of rotatable bonds is 4. The highest BCUT2D eigenvalue weighted by Crippen LogP contribution is 2.31. The lowest BCUT2D eigenvalue weighted by Crippen LogP contribution is -2.16. The van der Waals surface area contributed by atoms with E-state index in [4.69, 9.17) is 0 Å². The van der Waals surface area contributed by atoms with Gasteiger partial charge in [0.25, 0.3) is 5.91 Å². The van der Waals surface area contributed by atoms with E-state index in [0.717, 1.165) is 42.7 Å². The maximum absolute atomic E-state index is 13.6. The van der Waals surface area contributed by atoms with Crippen LogP contribution in [0.3, 0.4) is 0 Å². The zero-order valence-corrected chi connectivity index (χ0v) is 13.9. The fourth-order valence-corrected chi connectivity index (χ4v) is 2.23. The Morgan fingerprint density at radius 1 is 0.929 bits per heavy atom. The summed E-state index contributed by atoms with van der Waals surface area (Å²) in [5.41, 5.74) is -1.58. The zero-order chi connectivity index (χ0) is 20.3. The molecule has 10 heteroatoms. The molecule has 0 aliphatic carbocycles. The van der Waals surface area contributed by atoms with Crippen molar-refractivity contribution in [1.29, 1.82) is 0 Å². The second kappa shape index (κ2) is 7.59. The van der Waals surface area contributed by atoms with Crippen LogP contribution in [0.1, 0.15) is 16.1 Å². The molecule has 2 aromatic carbocycles. The first-order chi connectivity index (χ1) is 13.2. The molecule has 0 saturated carbocycles. The number of halogens is 5. The predicted octanol–water partition coefficient (Wildman–Crippen LogP) is 4.77. The van der Waals surface area contributed by atoms with Crippen LogP contribution in [0.5, 0.6) is 0 Å². The van der Waals surface area contributed by atoms with Gasteiger partial charge in [-0.3, -0.25) is 4.79 Å². The molecule has 0 radical (unpaired) electrons. The minimum atomic E-state index is -4.49. The highest BCUT2D eigenvalue weighted by molar-refractivity contribution is 6.02. The van der Waals surface area contributed by atoms with Crippen LogP contribution < -0.4 is 10.6 Å². The molecular formula is C18H11F5N4O. The van der Waals surface area contributed by atoms with Gasteiger partial charge in [-0.05, 0) is 30.3 Å². The van der Waals surface area contributed by atoms with Crippen molar-refractivity contribution in [2.75, 3.05) is 10.6 Å². The first-order valence-corrected chi connectivity index (χ1v) is 7.76. The third-order valence-corrected chi connectivity index (χ3v) is 3.55. The van der Waals surface area contributed by atoms with Gasteiger partial charge in [0.1, 0.15) is 28.8 Å². The maximum atomic E-state index is 13.6. The molecule has 144 valence electrons. The Labute approximate surface area is 155 Å². The number of para-hydroxylation sites is 1. The van der Waals surface area contributed by atoms with Crippen LogP contribution in [-0.4, -0.2) is 15.9 Å². The molecule has 1 aromatic heterocycles.